The lowest BCUT2D eigenvalue weighted by Gasteiger charge is -2.21. The molecule has 2 aliphatic carbocycles. The number of thiazole rings is 1. The van der Waals surface area contributed by atoms with Gasteiger partial charge in [-0.15, -0.1) is 11.3 Å². The molecule has 1 fully saturated rings. The van der Waals surface area contributed by atoms with Crippen LogP contribution in [0.15, 0.2) is 0 Å². The quantitative estimate of drug-likeness (QED) is 0.872. The van der Waals surface area contributed by atoms with Crippen LogP contribution < -0.4 is 5.32 Å². The highest BCUT2D eigenvalue weighted by atomic mass is 32.1. The van der Waals surface area contributed by atoms with Crippen LogP contribution in [0.4, 0.5) is 0 Å². The van der Waals surface area contributed by atoms with Crippen LogP contribution >= 0.6 is 11.3 Å². The average Bonchev–Trinajstić information content (AvgIpc) is 2.88. The lowest BCUT2D eigenvalue weighted by Crippen LogP contribution is -2.24. The molecule has 1 heterocycles. The predicted octanol–water partition coefficient (Wildman–Crippen LogP) is 3.18. The molecule has 1 atom stereocenters. The number of aromatic nitrogens is 1. The van der Waals surface area contributed by atoms with E-state index in [1.165, 1.54) is 42.8 Å². The molecule has 3 heteroatoms. The molecule has 0 saturated heterocycles. The number of hydrogen-bond acceptors (Lipinski definition) is 3. The lowest BCUT2D eigenvalue weighted by molar-refractivity contribution is 0.464. The molecule has 1 aromatic heterocycles. The molecule has 0 aromatic carbocycles. The number of rotatable bonds is 3. The Morgan fingerprint density at radius 1 is 1.50 bits per heavy atom. The molecule has 0 bridgehead atoms. The van der Waals surface area contributed by atoms with E-state index in [-0.39, 0.29) is 0 Å². The van der Waals surface area contributed by atoms with Crippen molar-refractivity contribution in [2.45, 2.75) is 57.4 Å². The molecule has 0 amide bonds. The summed E-state index contributed by atoms with van der Waals surface area (Å²) in [5.41, 5.74) is 1.82. The summed E-state index contributed by atoms with van der Waals surface area (Å²) in [5.74, 6) is 0. The van der Waals surface area contributed by atoms with E-state index < -0.39 is 0 Å². The summed E-state index contributed by atoms with van der Waals surface area (Å²) in [7, 11) is 0. The van der Waals surface area contributed by atoms with Crippen molar-refractivity contribution >= 4 is 11.3 Å². The molecule has 1 saturated carbocycles. The molecule has 0 aliphatic heterocycles. The lowest BCUT2D eigenvalue weighted by atomic mass is 9.97. The topological polar surface area (TPSA) is 24.9 Å². The highest BCUT2D eigenvalue weighted by Gasteiger charge is 2.43. The van der Waals surface area contributed by atoms with Gasteiger partial charge >= 0.3 is 0 Å². The van der Waals surface area contributed by atoms with Crippen molar-refractivity contribution in [3.8, 4) is 0 Å². The minimum absolute atomic E-state index is 0.443. The van der Waals surface area contributed by atoms with E-state index in [4.69, 9.17) is 4.98 Å². The van der Waals surface area contributed by atoms with Gasteiger partial charge in [0, 0.05) is 10.3 Å². The van der Waals surface area contributed by atoms with Gasteiger partial charge in [0.05, 0.1) is 16.7 Å². The van der Waals surface area contributed by atoms with Crippen molar-refractivity contribution in [3.05, 3.63) is 15.6 Å². The van der Waals surface area contributed by atoms with E-state index in [1.54, 1.807) is 4.88 Å². The molecule has 0 radical (unpaired) electrons. The number of aryl methyl sites for hydroxylation is 1. The molecular formula is C13H20N2S. The fourth-order valence-corrected chi connectivity index (χ4v) is 3.89. The number of nitrogens with zero attached hydrogens (tertiary/aromatic N) is 1. The Balaban J connectivity index is 1.91. The third-order valence-electron chi connectivity index (χ3n) is 3.92. The summed E-state index contributed by atoms with van der Waals surface area (Å²) < 4.78 is 0. The summed E-state index contributed by atoms with van der Waals surface area (Å²) in [6.45, 7) is 5.59. The van der Waals surface area contributed by atoms with Crippen LogP contribution in [0.5, 0.6) is 0 Å². The first-order valence-electron chi connectivity index (χ1n) is 6.46. The smallest absolute Gasteiger partial charge is 0.0990 e. The molecule has 1 unspecified atom stereocenters. The van der Waals surface area contributed by atoms with E-state index in [9.17, 15) is 0 Å². The van der Waals surface area contributed by atoms with Crippen molar-refractivity contribution in [1.82, 2.24) is 10.3 Å². The zero-order valence-corrected chi connectivity index (χ0v) is 11.0. The van der Waals surface area contributed by atoms with Crippen LogP contribution in [-0.2, 0) is 11.8 Å². The normalized spacial score (nSPS) is 26.5. The summed E-state index contributed by atoms with van der Waals surface area (Å²) >= 11 is 1.98. The Morgan fingerprint density at radius 2 is 2.31 bits per heavy atom. The molecule has 88 valence electrons. The zero-order chi connectivity index (χ0) is 11.2. The van der Waals surface area contributed by atoms with Crippen molar-refractivity contribution in [2.75, 3.05) is 6.54 Å². The Hall–Kier alpha value is -0.410. The van der Waals surface area contributed by atoms with Gasteiger partial charge in [-0.2, -0.15) is 0 Å². The average molecular weight is 236 g/mol. The number of fused-ring (bicyclic) bond motifs is 1. The second-order valence-corrected chi connectivity index (χ2v) is 6.47. The van der Waals surface area contributed by atoms with Crippen molar-refractivity contribution in [2.24, 2.45) is 0 Å². The maximum Gasteiger partial charge on any atom is 0.0990 e. The van der Waals surface area contributed by atoms with Crippen molar-refractivity contribution in [3.63, 3.8) is 0 Å². The summed E-state index contributed by atoms with van der Waals surface area (Å²) in [6.07, 6.45) is 6.52. The van der Waals surface area contributed by atoms with Crippen LogP contribution in [-0.4, -0.2) is 11.5 Å². The predicted molar refractivity (Wildman–Crippen MR) is 68.1 cm³/mol. The first-order chi connectivity index (χ1) is 7.73. The molecule has 2 nitrogen and oxygen atoms in total. The minimum Gasteiger partial charge on any atom is -0.309 e. The Morgan fingerprint density at radius 3 is 3.00 bits per heavy atom. The number of hydrogen-bond donors (Lipinski definition) is 1. The standard InChI is InChI=1S/C13H20N2S/c1-3-14-9-5-4-6-10-11(9)15-12(16-10)13(2)7-8-13/h9,14H,3-8H2,1-2H3. The van der Waals surface area contributed by atoms with Crippen LogP contribution in [0.25, 0.3) is 0 Å². The first kappa shape index (κ1) is 10.7. The third-order valence-corrected chi connectivity index (χ3v) is 5.36. The highest BCUT2D eigenvalue weighted by Crippen LogP contribution is 2.50. The van der Waals surface area contributed by atoms with Crippen LogP contribution in [0.1, 0.15) is 61.2 Å². The fraction of sp³-hybridized carbons (Fsp3) is 0.769. The SMILES string of the molecule is CCNC1CCCc2sc(C3(C)CC3)nc21. The fourth-order valence-electron chi connectivity index (χ4n) is 2.52. The summed E-state index contributed by atoms with van der Waals surface area (Å²) in [6, 6.07) is 0.529. The van der Waals surface area contributed by atoms with Crippen LogP contribution in [0.2, 0.25) is 0 Å². The molecule has 3 rings (SSSR count). The summed E-state index contributed by atoms with van der Waals surface area (Å²) in [4.78, 5) is 6.50. The zero-order valence-electron chi connectivity index (χ0n) is 10.2. The first-order valence-corrected chi connectivity index (χ1v) is 7.28. The second-order valence-electron chi connectivity index (χ2n) is 5.39. The van der Waals surface area contributed by atoms with Crippen molar-refractivity contribution in [1.29, 1.82) is 0 Å². The molecule has 16 heavy (non-hydrogen) atoms. The molecule has 0 spiro atoms. The maximum absolute atomic E-state index is 4.94. The van der Waals surface area contributed by atoms with Gasteiger partial charge in [-0.05, 0) is 38.6 Å². The van der Waals surface area contributed by atoms with Gasteiger partial charge in [0.15, 0.2) is 0 Å². The number of nitrogens with one attached hydrogen (secondary N) is 1. The van der Waals surface area contributed by atoms with Gasteiger partial charge in [-0.3, -0.25) is 0 Å². The van der Waals surface area contributed by atoms with Gasteiger partial charge in [0.25, 0.3) is 0 Å². The van der Waals surface area contributed by atoms with Gasteiger partial charge in [0.2, 0.25) is 0 Å². The van der Waals surface area contributed by atoms with E-state index in [1.807, 2.05) is 11.3 Å². The van der Waals surface area contributed by atoms with Gasteiger partial charge < -0.3 is 5.32 Å². The monoisotopic (exact) mass is 236 g/mol. The van der Waals surface area contributed by atoms with E-state index in [0.29, 0.717) is 11.5 Å². The third kappa shape index (κ3) is 1.70. The largest absolute Gasteiger partial charge is 0.309 e. The molecule has 2 aliphatic rings. The molecule has 1 N–H and O–H groups in total. The maximum atomic E-state index is 4.94. The van der Waals surface area contributed by atoms with Gasteiger partial charge in [-0.25, -0.2) is 4.98 Å². The van der Waals surface area contributed by atoms with Crippen molar-refractivity contribution < 1.29 is 0 Å². The van der Waals surface area contributed by atoms with E-state index in [2.05, 4.69) is 19.2 Å². The Labute approximate surface area is 101 Å². The van der Waals surface area contributed by atoms with Gasteiger partial charge in [-0.1, -0.05) is 13.8 Å². The van der Waals surface area contributed by atoms with Crippen LogP contribution in [0.3, 0.4) is 0 Å². The van der Waals surface area contributed by atoms with Gasteiger partial charge in [0.1, 0.15) is 0 Å². The molecule has 1 aromatic rings. The second kappa shape index (κ2) is 3.81. The highest BCUT2D eigenvalue weighted by molar-refractivity contribution is 7.12. The summed E-state index contributed by atoms with van der Waals surface area (Å²) in [5, 5.41) is 4.97. The van der Waals surface area contributed by atoms with E-state index in [0.717, 1.165) is 6.54 Å². The van der Waals surface area contributed by atoms with Crippen LogP contribution in [0, 0.1) is 0 Å². The Kier molecular flexibility index (Phi) is 2.55. The molecular weight excluding hydrogens is 216 g/mol. The Bertz CT molecular complexity index is 393. The van der Waals surface area contributed by atoms with E-state index >= 15 is 0 Å². The minimum atomic E-state index is 0.443.